The monoisotopic (exact) mass is 404 g/mol. The Morgan fingerprint density at radius 2 is 1.89 bits per heavy atom. The molecule has 1 aromatic carbocycles. The maximum absolute atomic E-state index is 10.8. The molecule has 0 aliphatic heterocycles. The van der Waals surface area contributed by atoms with Gasteiger partial charge in [0.05, 0.1) is 24.6 Å². The molecule has 0 bridgehead atoms. The molecule has 1 fully saturated rings. The van der Waals surface area contributed by atoms with E-state index in [9.17, 15) is 15.3 Å². The Bertz CT molecular complexity index is 979. The van der Waals surface area contributed by atoms with Crippen molar-refractivity contribution in [3.8, 4) is 0 Å². The van der Waals surface area contributed by atoms with E-state index in [2.05, 4.69) is 15.0 Å². The van der Waals surface area contributed by atoms with Crippen molar-refractivity contribution in [1.29, 1.82) is 0 Å². The van der Waals surface area contributed by atoms with Crippen LogP contribution >= 0.6 is 11.6 Å². The van der Waals surface area contributed by atoms with Crippen molar-refractivity contribution in [1.82, 2.24) is 19.5 Å². The van der Waals surface area contributed by atoms with E-state index >= 15 is 0 Å². The largest absolute Gasteiger partial charge is 0.390 e. The first-order valence-corrected chi connectivity index (χ1v) is 9.22. The molecule has 1 unspecified atom stereocenters. The molecule has 1 aliphatic rings. The molecule has 0 saturated heterocycles. The lowest BCUT2D eigenvalue weighted by Crippen LogP contribution is -2.31. The molecule has 1 aliphatic carbocycles. The highest BCUT2D eigenvalue weighted by atomic mass is 35.5. The molecule has 10 heteroatoms. The first kappa shape index (κ1) is 19.0. The summed E-state index contributed by atoms with van der Waals surface area (Å²) < 4.78 is 1.70. The van der Waals surface area contributed by atoms with E-state index in [0.29, 0.717) is 34.0 Å². The number of halogens is 1. The predicted octanol–water partition coefficient (Wildman–Crippen LogP) is 0.806. The van der Waals surface area contributed by atoms with Crippen LogP contribution in [0, 0.1) is 5.92 Å². The molecule has 5 atom stereocenters. The fourth-order valence-electron chi connectivity index (χ4n) is 3.88. The summed E-state index contributed by atoms with van der Waals surface area (Å²) in [5, 5.41) is 33.9. The fraction of sp³-hybridized carbons (Fsp3) is 0.389. The van der Waals surface area contributed by atoms with Crippen molar-refractivity contribution in [2.75, 3.05) is 12.1 Å². The summed E-state index contributed by atoms with van der Waals surface area (Å²) in [6.45, 7) is 0. The van der Waals surface area contributed by atoms with Crippen LogP contribution in [0.25, 0.3) is 11.2 Å². The lowest BCUT2D eigenvalue weighted by atomic mass is 9.92. The summed E-state index contributed by atoms with van der Waals surface area (Å²) in [7, 11) is 1.65. The Labute approximate surface area is 166 Å². The fourth-order valence-corrected chi connectivity index (χ4v) is 4.01. The number of fused-ring (bicyclic) bond motifs is 1. The van der Waals surface area contributed by atoms with Crippen molar-refractivity contribution in [3.63, 3.8) is 0 Å². The Balaban J connectivity index is 1.66. The highest BCUT2D eigenvalue weighted by Crippen LogP contribution is 2.43. The molecule has 3 aromatic rings. The number of hydrazine groups is 1. The third kappa shape index (κ3) is 3.11. The summed E-state index contributed by atoms with van der Waals surface area (Å²) in [6, 6.07) is 6.28. The first-order chi connectivity index (χ1) is 13.4. The number of aliphatic hydroxyl groups is 3. The number of benzene rings is 1. The Morgan fingerprint density at radius 1 is 1.18 bits per heavy atom. The van der Waals surface area contributed by atoms with Crippen LogP contribution in [0.5, 0.6) is 0 Å². The molecular formula is C18H21ClN6O3. The topological polar surface area (TPSA) is 134 Å². The van der Waals surface area contributed by atoms with Gasteiger partial charge in [0.1, 0.15) is 12.4 Å². The zero-order valence-corrected chi connectivity index (χ0v) is 15.8. The molecule has 5 N–H and O–H groups in total. The lowest BCUT2D eigenvalue weighted by molar-refractivity contribution is -0.0264. The number of nitrogens with two attached hydrogens (primary N) is 1. The van der Waals surface area contributed by atoms with E-state index < -0.39 is 30.3 Å². The number of rotatable bonds is 4. The number of hydrogen-bond donors (Lipinski definition) is 4. The standard InChI is InChI=1S/C18H21ClN6O3/c1-24(20)17-13-18(22-7-21-17)25(8-23-13)12-6-11(15(27)16(12)28)14(26)9-2-4-10(19)5-3-9/h2-5,7-8,11-12,14-16,26-28H,6,20H2,1H3/t11-,12-,14?,15-,16+/m1/s1. The van der Waals surface area contributed by atoms with E-state index in [1.165, 1.54) is 11.3 Å². The average molecular weight is 405 g/mol. The van der Waals surface area contributed by atoms with Gasteiger partial charge in [0.25, 0.3) is 0 Å². The number of nitrogens with zero attached hydrogens (tertiary/aromatic N) is 5. The quantitative estimate of drug-likeness (QED) is 0.370. The van der Waals surface area contributed by atoms with Gasteiger partial charge in [0.2, 0.25) is 0 Å². The van der Waals surface area contributed by atoms with Crippen molar-refractivity contribution >= 4 is 28.6 Å². The molecule has 4 rings (SSSR count). The summed E-state index contributed by atoms with van der Waals surface area (Å²) in [5.41, 5.74) is 1.63. The van der Waals surface area contributed by atoms with Crippen LogP contribution in [-0.4, -0.2) is 54.1 Å². The van der Waals surface area contributed by atoms with Crippen molar-refractivity contribution in [2.45, 2.75) is 30.8 Å². The van der Waals surface area contributed by atoms with Crippen molar-refractivity contribution in [3.05, 3.63) is 47.5 Å². The van der Waals surface area contributed by atoms with Gasteiger partial charge < -0.3 is 19.9 Å². The molecule has 2 heterocycles. The van der Waals surface area contributed by atoms with Gasteiger partial charge in [-0.25, -0.2) is 20.8 Å². The molecule has 9 nitrogen and oxygen atoms in total. The van der Waals surface area contributed by atoms with Crippen molar-refractivity contribution in [2.24, 2.45) is 11.8 Å². The molecule has 0 amide bonds. The summed E-state index contributed by atoms with van der Waals surface area (Å²) >= 11 is 5.90. The molecule has 28 heavy (non-hydrogen) atoms. The molecule has 1 saturated carbocycles. The number of hydrogen-bond acceptors (Lipinski definition) is 8. The Kier molecular flexibility index (Phi) is 4.94. The van der Waals surface area contributed by atoms with Crippen LogP contribution < -0.4 is 10.9 Å². The van der Waals surface area contributed by atoms with Crippen LogP contribution in [0.2, 0.25) is 5.02 Å². The number of anilines is 1. The minimum absolute atomic E-state index is 0.343. The van der Waals surface area contributed by atoms with Crippen LogP contribution in [-0.2, 0) is 0 Å². The number of aliphatic hydroxyl groups excluding tert-OH is 3. The van der Waals surface area contributed by atoms with Crippen LogP contribution in [0.15, 0.2) is 36.9 Å². The molecule has 0 spiro atoms. The van der Waals surface area contributed by atoms with Gasteiger partial charge in [0.15, 0.2) is 17.0 Å². The summed E-state index contributed by atoms with van der Waals surface area (Å²) in [4.78, 5) is 12.7. The molecule has 0 radical (unpaired) electrons. The van der Waals surface area contributed by atoms with E-state index in [4.69, 9.17) is 17.4 Å². The third-order valence-corrected chi connectivity index (χ3v) is 5.60. The lowest BCUT2D eigenvalue weighted by Gasteiger charge is -2.22. The Hall–Kier alpha value is -2.30. The zero-order chi connectivity index (χ0) is 20.0. The number of aromatic nitrogens is 4. The van der Waals surface area contributed by atoms with Gasteiger partial charge in [-0.3, -0.25) is 5.01 Å². The zero-order valence-electron chi connectivity index (χ0n) is 15.1. The normalized spacial score (nSPS) is 25.9. The van der Waals surface area contributed by atoms with Gasteiger partial charge in [-0.15, -0.1) is 0 Å². The van der Waals surface area contributed by atoms with Crippen LogP contribution in [0.4, 0.5) is 5.82 Å². The maximum atomic E-state index is 10.8. The van der Waals surface area contributed by atoms with Gasteiger partial charge in [-0.05, 0) is 24.1 Å². The highest BCUT2D eigenvalue weighted by Gasteiger charge is 2.46. The van der Waals surface area contributed by atoms with Gasteiger partial charge >= 0.3 is 0 Å². The van der Waals surface area contributed by atoms with E-state index in [-0.39, 0.29) is 0 Å². The second-order valence-corrected chi connectivity index (χ2v) is 7.51. The second-order valence-electron chi connectivity index (χ2n) is 7.08. The third-order valence-electron chi connectivity index (χ3n) is 5.34. The van der Waals surface area contributed by atoms with Gasteiger partial charge in [-0.1, -0.05) is 23.7 Å². The highest BCUT2D eigenvalue weighted by molar-refractivity contribution is 6.30. The SMILES string of the molecule is CN(N)c1ncnc2c1ncn2[C@@H]1C[C@H](C(O)c2ccc(Cl)cc2)[C@@H](O)[C@H]1O. The summed E-state index contributed by atoms with van der Waals surface area (Å²) in [6.07, 6.45) is 0.128. The van der Waals surface area contributed by atoms with E-state index in [1.807, 2.05) is 0 Å². The molecular weight excluding hydrogens is 384 g/mol. The van der Waals surface area contributed by atoms with Gasteiger partial charge in [-0.2, -0.15) is 0 Å². The van der Waals surface area contributed by atoms with Crippen molar-refractivity contribution < 1.29 is 15.3 Å². The maximum Gasteiger partial charge on any atom is 0.174 e. The molecule has 2 aromatic heterocycles. The predicted molar refractivity (Wildman–Crippen MR) is 103 cm³/mol. The summed E-state index contributed by atoms with van der Waals surface area (Å²) in [5.74, 6) is 5.69. The number of imidazole rings is 1. The molecule has 148 valence electrons. The average Bonchev–Trinajstić information content (AvgIpc) is 3.23. The van der Waals surface area contributed by atoms with Crippen LogP contribution in [0.1, 0.15) is 24.1 Å². The second kappa shape index (κ2) is 7.26. The van der Waals surface area contributed by atoms with E-state index in [0.717, 1.165) is 0 Å². The smallest absolute Gasteiger partial charge is 0.174 e. The minimum Gasteiger partial charge on any atom is -0.390 e. The first-order valence-electron chi connectivity index (χ1n) is 8.84. The van der Waals surface area contributed by atoms with Gasteiger partial charge in [0, 0.05) is 18.0 Å². The Morgan fingerprint density at radius 3 is 2.57 bits per heavy atom. The minimum atomic E-state index is -1.10. The van der Waals surface area contributed by atoms with E-state index in [1.54, 1.807) is 42.2 Å². The van der Waals surface area contributed by atoms with Crippen LogP contribution in [0.3, 0.4) is 0 Å².